The van der Waals surface area contributed by atoms with E-state index in [1.54, 1.807) is 12.0 Å². The van der Waals surface area contributed by atoms with Gasteiger partial charge in [-0.05, 0) is 77.0 Å². The molecule has 4 fully saturated rings. The fraction of sp³-hybridized carbons (Fsp3) is 0.900. The van der Waals surface area contributed by atoms with E-state index in [0.717, 1.165) is 57.8 Å². The number of hydroxylamine groups is 2. The second kappa shape index (κ2) is 14.0. The SMILES string of the molecule is C[C@H](O)[C@@H]1[C@H](CO)ON(CC2CCCCC2C#CC2CCC(Cl)CC2)[C@@H]1C(=O)N[C@H](C)C1CCCCC1. The maximum atomic E-state index is 13.7. The molecule has 0 radical (unpaired) electrons. The Bertz CT molecular complexity index is 784. The molecule has 1 heterocycles. The maximum Gasteiger partial charge on any atom is 0.240 e. The van der Waals surface area contributed by atoms with Gasteiger partial charge in [0, 0.05) is 35.7 Å². The zero-order valence-corrected chi connectivity index (χ0v) is 23.7. The molecule has 0 aromatic heterocycles. The van der Waals surface area contributed by atoms with Crippen LogP contribution in [0.4, 0.5) is 0 Å². The number of carbonyl (C=O) groups is 1. The van der Waals surface area contributed by atoms with E-state index in [4.69, 9.17) is 16.4 Å². The summed E-state index contributed by atoms with van der Waals surface area (Å²) in [5.74, 6) is 8.20. The minimum atomic E-state index is -0.762. The number of aliphatic hydroxyl groups is 2. The molecule has 1 saturated heterocycles. The molecule has 0 aromatic carbocycles. The first-order chi connectivity index (χ1) is 17.9. The van der Waals surface area contributed by atoms with Crippen LogP contribution in [0, 0.1) is 41.4 Å². The third-order valence-corrected chi connectivity index (χ3v) is 10.00. The van der Waals surface area contributed by atoms with Crippen molar-refractivity contribution in [3.63, 3.8) is 0 Å². The highest BCUT2D eigenvalue weighted by Crippen LogP contribution is 2.37. The summed E-state index contributed by atoms with van der Waals surface area (Å²) in [5, 5.41) is 26.1. The van der Waals surface area contributed by atoms with Crippen LogP contribution in [0.3, 0.4) is 0 Å². The van der Waals surface area contributed by atoms with Crippen molar-refractivity contribution in [3.8, 4) is 11.8 Å². The number of alkyl halides is 1. The molecule has 210 valence electrons. The van der Waals surface area contributed by atoms with Gasteiger partial charge < -0.3 is 15.5 Å². The second-order valence-electron chi connectivity index (χ2n) is 12.3. The van der Waals surface area contributed by atoms with Gasteiger partial charge >= 0.3 is 0 Å². The van der Waals surface area contributed by atoms with E-state index in [-0.39, 0.29) is 24.5 Å². The Morgan fingerprint density at radius 3 is 2.35 bits per heavy atom. The van der Waals surface area contributed by atoms with Crippen molar-refractivity contribution in [3.05, 3.63) is 0 Å². The summed E-state index contributed by atoms with van der Waals surface area (Å²) >= 11 is 6.29. The molecule has 0 bridgehead atoms. The lowest BCUT2D eigenvalue weighted by Crippen LogP contribution is -2.53. The van der Waals surface area contributed by atoms with E-state index in [2.05, 4.69) is 24.1 Å². The van der Waals surface area contributed by atoms with Crippen LogP contribution < -0.4 is 5.32 Å². The van der Waals surface area contributed by atoms with Crippen molar-refractivity contribution >= 4 is 17.5 Å². The summed E-state index contributed by atoms with van der Waals surface area (Å²) in [6.07, 6.45) is 13.5. The number of nitrogens with zero attached hydrogens (tertiary/aromatic N) is 1. The van der Waals surface area contributed by atoms with Gasteiger partial charge in [-0.1, -0.05) is 43.9 Å². The van der Waals surface area contributed by atoms with Gasteiger partial charge in [-0.15, -0.1) is 11.6 Å². The molecule has 4 rings (SSSR count). The average Bonchev–Trinajstić information content (AvgIpc) is 3.28. The molecule has 1 amide bonds. The number of hydrogen-bond acceptors (Lipinski definition) is 5. The summed E-state index contributed by atoms with van der Waals surface area (Å²) in [7, 11) is 0. The standard InChI is InChI=1S/C30H49ClN2O4/c1-20(23-8-4-3-5-9-23)32-30(36)29-28(21(2)35)27(19-34)37-33(29)18-25-11-7-6-10-24(25)15-12-22-13-16-26(31)17-14-22/h20-29,34-35H,3-11,13-14,16-19H2,1-2H3,(H,32,36)/t20-,21+,22?,24?,25?,26?,27+,28-,29+/m1/s1. The second-order valence-corrected chi connectivity index (χ2v) is 12.9. The number of amides is 1. The smallest absolute Gasteiger partial charge is 0.240 e. The zero-order valence-electron chi connectivity index (χ0n) is 22.9. The number of halogens is 1. The minimum absolute atomic E-state index is 0.0869. The highest BCUT2D eigenvalue weighted by molar-refractivity contribution is 6.20. The number of nitrogens with one attached hydrogen (secondary N) is 1. The molecule has 7 atom stereocenters. The Labute approximate surface area is 229 Å². The Morgan fingerprint density at radius 2 is 1.68 bits per heavy atom. The van der Waals surface area contributed by atoms with Crippen LogP contribution in [-0.2, 0) is 9.63 Å². The van der Waals surface area contributed by atoms with Crippen LogP contribution in [0.25, 0.3) is 0 Å². The number of rotatable bonds is 7. The molecule has 0 aromatic rings. The Balaban J connectivity index is 1.46. The zero-order chi connectivity index (χ0) is 26.4. The molecule has 3 N–H and O–H groups in total. The van der Waals surface area contributed by atoms with Gasteiger partial charge in [-0.2, -0.15) is 5.06 Å². The summed E-state index contributed by atoms with van der Waals surface area (Å²) in [6, 6.07) is -0.522. The van der Waals surface area contributed by atoms with Gasteiger partial charge in [0.15, 0.2) is 0 Å². The van der Waals surface area contributed by atoms with E-state index >= 15 is 0 Å². The lowest BCUT2D eigenvalue weighted by molar-refractivity contribution is -0.184. The number of aliphatic hydroxyl groups excluding tert-OH is 2. The normalized spacial score (nSPS) is 37.4. The molecule has 1 aliphatic heterocycles. The first-order valence-electron chi connectivity index (χ1n) is 15.0. The summed E-state index contributed by atoms with van der Waals surface area (Å²) < 4.78 is 0. The summed E-state index contributed by atoms with van der Waals surface area (Å²) in [6.45, 7) is 4.20. The van der Waals surface area contributed by atoms with E-state index in [1.807, 2.05) is 0 Å². The quantitative estimate of drug-likeness (QED) is 0.326. The van der Waals surface area contributed by atoms with Gasteiger partial charge in [-0.3, -0.25) is 9.63 Å². The van der Waals surface area contributed by atoms with E-state index in [1.165, 1.54) is 25.7 Å². The predicted octanol–water partition coefficient (Wildman–Crippen LogP) is 4.65. The van der Waals surface area contributed by atoms with Gasteiger partial charge in [0.25, 0.3) is 0 Å². The molecule has 0 spiro atoms. The van der Waals surface area contributed by atoms with Crippen molar-refractivity contribution in [2.24, 2.45) is 29.6 Å². The van der Waals surface area contributed by atoms with Crippen LogP contribution in [0.5, 0.6) is 0 Å². The highest BCUT2D eigenvalue weighted by atomic mass is 35.5. The average molecular weight is 537 g/mol. The molecular weight excluding hydrogens is 488 g/mol. The van der Waals surface area contributed by atoms with Gasteiger partial charge in [0.1, 0.15) is 12.1 Å². The lowest BCUT2D eigenvalue weighted by atomic mass is 9.78. The van der Waals surface area contributed by atoms with Gasteiger partial charge in [0.2, 0.25) is 5.91 Å². The van der Waals surface area contributed by atoms with Crippen LogP contribution in [-0.4, -0.2) is 64.0 Å². The van der Waals surface area contributed by atoms with Gasteiger partial charge in [0.05, 0.1) is 12.7 Å². The first-order valence-corrected chi connectivity index (χ1v) is 15.5. The molecule has 3 saturated carbocycles. The van der Waals surface area contributed by atoms with Crippen molar-refractivity contribution < 1.29 is 19.8 Å². The summed E-state index contributed by atoms with van der Waals surface area (Å²) in [4.78, 5) is 19.9. The monoisotopic (exact) mass is 536 g/mol. The highest BCUT2D eigenvalue weighted by Gasteiger charge is 2.50. The van der Waals surface area contributed by atoms with Crippen molar-refractivity contribution in [1.29, 1.82) is 0 Å². The molecule has 2 unspecified atom stereocenters. The van der Waals surface area contributed by atoms with Crippen LogP contribution in [0.2, 0.25) is 0 Å². The first kappa shape index (κ1) is 29.2. The predicted molar refractivity (Wildman–Crippen MR) is 147 cm³/mol. The molecule has 7 heteroatoms. The largest absolute Gasteiger partial charge is 0.394 e. The van der Waals surface area contributed by atoms with E-state index < -0.39 is 24.2 Å². The van der Waals surface area contributed by atoms with Crippen molar-refractivity contribution in [2.75, 3.05) is 13.2 Å². The molecule has 6 nitrogen and oxygen atoms in total. The molecule has 37 heavy (non-hydrogen) atoms. The number of carbonyl (C=O) groups excluding carboxylic acids is 1. The number of hydrogen-bond donors (Lipinski definition) is 3. The fourth-order valence-electron chi connectivity index (χ4n) is 7.23. The Hall–Kier alpha value is -0.840. The van der Waals surface area contributed by atoms with Crippen LogP contribution in [0.1, 0.15) is 97.3 Å². The van der Waals surface area contributed by atoms with E-state index in [9.17, 15) is 15.0 Å². The van der Waals surface area contributed by atoms with Crippen LogP contribution >= 0.6 is 11.6 Å². The molecule has 3 aliphatic carbocycles. The lowest BCUT2D eigenvalue weighted by Gasteiger charge is -2.35. The third kappa shape index (κ3) is 7.63. The van der Waals surface area contributed by atoms with Crippen molar-refractivity contribution in [2.45, 2.75) is 127 Å². The van der Waals surface area contributed by atoms with Crippen LogP contribution in [0.15, 0.2) is 0 Å². The Kier molecular flexibility index (Phi) is 11.0. The van der Waals surface area contributed by atoms with E-state index in [0.29, 0.717) is 29.7 Å². The van der Waals surface area contributed by atoms with Crippen molar-refractivity contribution in [1.82, 2.24) is 10.4 Å². The summed E-state index contributed by atoms with van der Waals surface area (Å²) in [5.41, 5.74) is 0. The fourth-order valence-corrected chi connectivity index (χ4v) is 7.48. The van der Waals surface area contributed by atoms with Gasteiger partial charge in [-0.25, -0.2) is 0 Å². The molecular formula is C30H49ClN2O4. The maximum absolute atomic E-state index is 13.7. The topological polar surface area (TPSA) is 82.0 Å². The Morgan fingerprint density at radius 1 is 1.00 bits per heavy atom. The third-order valence-electron chi connectivity index (χ3n) is 9.56. The minimum Gasteiger partial charge on any atom is -0.394 e. The molecule has 4 aliphatic rings.